The van der Waals surface area contributed by atoms with Gasteiger partial charge in [0, 0.05) is 25.0 Å². The first-order valence-electron chi connectivity index (χ1n) is 11.6. The summed E-state index contributed by atoms with van der Waals surface area (Å²) in [5, 5.41) is 3.48. The van der Waals surface area contributed by atoms with E-state index in [9.17, 15) is 19.2 Å². The number of likely N-dealkylation sites (N-methyl/N-ethyl adjacent to an activating group) is 1. The molecule has 2 aromatic heterocycles. The number of unbranched alkanes of at least 4 members (excludes halogenated alkanes) is 1. The Morgan fingerprint density at radius 1 is 1.12 bits per heavy atom. The minimum atomic E-state index is -0.696. The molecular weight excluding hydrogens is 424 g/mol. The van der Waals surface area contributed by atoms with Crippen LogP contribution in [0.4, 0.5) is 0 Å². The molecule has 0 saturated heterocycles. The minimum Gasteiger partial charge on any atom is -0.449 e. The summed E-state index contributed by atoms with van der Waals surface area (Å²) in [5.74, 6) is -0.646. The number of para-hydroxylation sites is 1. The topological polar surface area (TPSA) is 107 Å². The Morgan fingerprint density at radius 2 is 1.85 bits per heavy atom. The van der Waals surface area contributed by atoms with Gasteiger partial charge in [-0.05, 0) is 31.4 Å². The maximum absolute atomic E-state index is 13.4. The monoisotopic (exact) mass is 454 g/mol. The molecule has 0 unspecified atom stereocenters. The molecule has 1 aromatic carbocycles. The Labute approximate surface area is 191 Å². The summed E-state index contributed by atoms with van der Waals surface area (Å²) in [7, 11) is 1.69. The van der Waals surface area contributed by atoms with Gasteiger partial charge in [-0.1, -0.05) is 38.3 Å². The van der Waals surface area contributed by atoms with E-state index in [1.165, 1.54) is 4.57 Å². The summed E-state index contributed by atoms with van der Waals surface area (Å²) < 4.78 is 7.92. The number of hydrogen-bond donors (Lipinski definition) is 1. The highest BCUT2D eigenvalue weighted by Gasteiger charge is 2.24. The summed E-state index contributed by atoms with van der Waals surface area (Å²) in [6.07, 6.45) is 5.68. The first-order chi connectivity index (χ1) is 15.9. The lowest BCUT2D eigenvalue weighted by atomic mass is 10.2. The smallest absolute Gasteiger partial charge is 0.332 e. The average Bonchev–Trinajstić information content (AvgIpc) is 3.45. The molecule has 1 saturated carbocycles. The van der Waals surface area contributed by atoms with Crippen LogP contribution in [0.15, 0.2) is 38.3 Å². The highest BCUT2D eigenvalue weighted by atomic mass is 16.3. The van der Waals surface area contributed by atoms with Crippen molar-refractivity contribution in [2.75, 3.05) is 13.6 Å². The molecule has 1 N–H and O–H groups in total. The highest BCUT2D eigenvalue weighted by molar-refractivity contribution is 6.02. The number of amides is 2. The number of aromatic nitrogens is 2. The van der Waals surface area contributed by atoms with Crippen molar-refractivity contribution in [1.29, 1.82) is 0 Å². The minimum absolute atomic E-state index is 0.0338. The zero-order chi connectivity index (χ0) is 23.5. The van der Waals surface area contributed by atoms with Gasteiger partial charge >= 0.3 is 5.69 Å². The predicted molar refractivity (Wildman–Crippen MR) is 125 cm³/mol. The summed E-state index contributed by atoms with van der Waals surface area (Å²) in [5.41, 5.74) is -0.676. The van der Waals surface area contributed by atoms with Crippen molar-refractivity contribution in [2.45, 2.75) is 64.6 Å². The fourth-order valence-corrected chi connectivity index (χ4v) is 4.44. The van der Waals surface area contributed by atoms with E-state index in [1.54, 1.807) is 36.2 Å². The van der Waals surface area contributed by atoms with E-state index >= 15 is 0 Å². The third-order valence-corrected chi connectivity index (χ3v) is 6.33. The molecule has 0 radical (unpaired) electrons. The number of rotatable bonds is 8. The van der Waals surface area contributed by atoms with Crippen LogP contribution in [-0.2, 0) is 22.7 Å². The van der Waals surface area contributed by atoms with Crippen molar-refractivity contribution < 1.29 is 14.0 Å². The number of carbonyl (C=O) groups excluding carboxylic acids is 2. The van der Waals surface area contributed by atoms with Crippen LogP contribution in [0.2, 0.25) is 0 Å². The summed E-state index contributed by atoms with van der Waals surface area (Å²) in [6, 6.07) is 7.07. The maximum Gasteiger partial charge on any atom is 0.332 e. The van der Waals surface area contributed by atoms with Gasteiger partial charge < -0.3 is 14.6 Å². The molecule has 1 aliphatic carbocycles. The molecule has 1 aliphatic rings. The summed E-state index contributed by atoms with van der Waals surface area (Å²) >= 11 is 0. The van der Waals surface area contributed by atoms with Crippen LogP contribution in [0.25, 0.3) is 22.1 Å². The SMILES string of the molecule is CCCCN(C)C(=O)Cn1c(=O)n(CC(=O)NC2CCCC2)c(=O)c2oc3ccccc3c21. The van der Waals surface area contributed by atoms with E-state index in [0.717, 1.165) is 43.1 Å². The number of nitrogens with one attached hydrogen (secondary N) is 1. The van der Waals surface area contributed by atoms with E-state index < -0.39 is 23.7 Å². The molecule has 3 aromatic rings. The van der Waals surface area contributed by atoms with Crippen molar-refractivity contribution in [1.82, 2.24) is 19.4 Å². The molecule has 0 aliphatic heterocycles. The van der Waals surface area contributed by atoms with Crippen LogP contribution in [-0.4, -0.2) is 45.5 Å². The standard InChI is InChI=1S/C24H30N4O5/c1-3-4-13-26(2)20(30)15-27-21-17-11-7-8-12-18(17)33-22(21)23(31)28(24(27)32)14-19(29)25-16-9-5-6-10-16/h7-8,11-12,16H,3-6,9-10,13-15H2,1-2H3,(H,25,29). The maximum atomic E-state index is 13.4. The average molecular weight is 455 g/mol. The number of nitrogens with zero attached hydrogens (tertiary/aromatic N) is 3. The summed E-state index contributed by atoms with van der Waals surface area (Å²) in [4.78, 5) is 53.7. The molecule has 2 amide bonds. The second-order valence-electron chi connectivity index (χ2n) is 8.75. The fraction of sp³-hybridized carbons (Fsp3) is 0.500. The Morgan fingerprint density at radius 3 is 2.58 bits per heavy atom. The number of furan rings is 1. The van der Waals surface area contributed by atoms with Crippen LogP contribution >= 0.6 is 0 Å². The van der Waals surface area contributed by atoms with Gasteiger partial charge in [0.25, 0.3) is 5.56 Å². The molecule has 9 heteroatoms. The zero-order valence-electron chi connectivity index (χ0n) is 19.1. The van der Waals surface area contributed by atoms with Gasteiger partial charge in [-0.3, -0.25) is 19.0 Å². The lowest BCUT2D eigenvalue weighted by molar-refractivity contribution is -0.130. The molecular formula is C24H30N4O5. The zero-order valence-corrected chi connectivity index (χ0v) is 19.1. The van der Waals surface area contributed by atoms with Crippen molar-refractivity contribution in [3.63, 3.8) is 0 Å². The van der Waals surface area contributed by atoms with E-state index in [2.05, 4.69) is 5.32 Å². The largest absolute Gasteiger partial charge is 0.449 e. The first kappa shape index (κ1) is 22.8. The van der Waals surface area contributed by atoms with Crippen LogP contribution in [0, 0.1) is 0 Å². The number of benzene rings is 1. The van der Waals surface area contributed by atoms with E-state index in [1.807, 2.05) is 6.92 Å². The molecule has 0 bridgehead atoms. The third-order valence-electron chi connectivity index (χ3n) is 6.33. The van der Waals surface area contributed by atoms with Gasteiger partial charge in [0.05, 0.1) is 0 Å². The third kappa shape index (κ3) is 4.58. The quantitative estimate of drug-likeness (QED) is 0.562. The van der Waals surface area contributed by atoms with Crippen molar-refractivity contribution >= 4 is 33.9 Å². The normalized spacial score (nSPS) is 14.2. The van der Waals surface area contributed by atoms with Crippen molar-refractivity contribution in [3.05, 3.63) is 45.1 Å². The Bertz CT molecular complexity index is 1300. The number of carbonyl (C=O) groups is 2. The lowest BCUT2D eigenvalue weighted by Crippen LogP contribution is -2.46. The highest BCUT2D eigenvalue weighted by Crippen LogP contribution is 2.25. The van der Waals surface area contributed by atoms with Gasteiger partial charge in [-0.15, -0.1) is 0 Å². The van der Waals surface area contributed by atoms with E-state index in [0.29, 0.717) is 17.5 Å². The fourth-order valence-electron chi connectivity index (χ4n) is 4.44. The van der Waals surface area contributed by atoms with Crippen molar-refractivity contribution in [3.8, 4) is 0 Å². The van der Waals surface area contributed by atoms with Gasteiger partial charge in [0.15, 0.2) is 0 Å². The molecule has 33 heavy (non-hydrogen) atoms. The van der Waals surface area contributed by atoms with Crippen LogP contribution in [0.3, 0.4) is 0 Å². The first-order valence-corrected chi connectivity index (χ1v) is 11.6. The van der Waals surface area contributed by atoms with Gasteiger partial charge in [0.1, 0.15) is 24.2 Å². The van der Waals surface area contributed by atoms with E-state index in [-0.39, 0.29) is 29.6 Å². The molecule has 0 atom stereocenters. The van der Waals surface area contributed by atoms with Gasteiger partial charge in [0.2, 0.25) is 17.4 Å². The number of hydrogen-bond acceptors (Lipinski definition) is 5. The molecule has 0 spiro atoms. The van der Waals surface area contributed by atoms with Gasteiger partial charge in [-0.2, -0.15) is 0 Å². The molecule has 9 nitrogen and oxygen atoms in total. The van der Waals surface area contributed by atoms with Crippen molar-refractivity contribution in [2.24, 2.45) is 0 Å². The predicted octanol–water partition coefficient (Wildman–Crippen LogP) is 2.23. The van der Waals surface area contributed by atoms with Crippen LogP contribution in [0.5, 0.6) is 0 Å². The molecule has 1 fully saturated rings. The van der Waals surface area contributed by atoms with E-state index in [4.69, 9.17) is 4.42 Å². The van der Waals surface area contributed by atoms with Crippen LogP contribution < -0.4 is 16.6 Å². The van der Waals surface area contributed by atoms with Gasteiger partial charge in [-0.25, -0.2) is 9.36 Å². The lowest BCUT2D eigenvalue weighted by Gasteiger charge is -2.18. The second kappa shape index (κ2) is 9.64. The molecule has 4 rings (SSSR count). The molecule has 2 heterocycles. The second-order valence-corrected chi connectivity index (χ2v) is 8.75. The molecule has 176 valence electrons. The summed E-state index contributed by atoms with van der Waals surface area (Å²) in [6.45, 7) is 1.95. The Hall–Kier alpha value is -3.36. The van der Waals surface area contributed by atoms with Crippen LogP contribution in [0.1, 0.15) is 45.4 Å². The Balaban J connectivity index is 1.78. The number of fused-ring (bicyclic) bond motifs is 3. The Kier molecular flexibility index (Phi) is 6.67.